The van der Waals surface area contributed by atoms with E-state index in [0.29, 0.717) is 5.41 Å². The van der Waals surface area contributed by atoms with Gasteiger partial charge in [-0.3, -0.25) is 0 Å². The Hall–Kier alpha value is -0.260. The smallest absolute Gasteiger partial charge is 0.00824 e. The zero-order valence-corrected chi connectivity index (χ0v) is 16.3. The molecule has 0 heteroatoms. The maximum absolute atomic E-state index is 2.68. The van der Waals surface area contributed by atoms with Crippen LogP contribution in [0.15, 0.2) is 11.6 Å². The van der Waals surface area contributed by atoms with Crippen LogP contribution in [0, 0.1) is 52.8 Å². The Balaban J connectivity index is 1.46. The molecule has 5 aliphatic rings. The molecule has 0 saturated heterocycles. The summed E-state index contributed by atoms with van der Waals surface area (Å²) in [5, 5.41) is 0. The van der Waals surface area contributed by atoms with Crippen LogP contribution in [-0.2, 0) is 0 Å². The third-order valence-corrected chi connectivity index (χ3v) is 9.69. The number of rotatable bonds is 1. The van der Waals surface area contributed by atoms with Crippen LogP contribution in [0.25, 0.3) is 0 Å². The largest absolute Gasteiger partial charge is 0.0879 e. The van der Waals surface area contributed by atoms with Gasteiger partial charge in [0.05, 0.1) is 0 Å². The average Bonchev–Trinajstić information content (AvgIpc) is 3.37. The minimum absolute atomic E-state index is 0.581. The molecule has 0 spiro atoms. The van der Waals surface area contributed by atoms with Gasteiger partial charge in [-0.05, 0) is 117 Å². The summed E-state index contributed by atoms with van der Waals surface area (Å²) >= 11 is 0. The molecule has 0 aromatic rings. The van der Waals surface area contributed by atoms with Gasteiger partial charge in [0.15, 0.2) is 0 Å². The van der Waals surface area contributed by atoms with Crippen LogP contribution in [-0.4, -0.2) is 0 Å². The van der Waals surface area contributed by atoms with E-state index in [1.165, 1.54) is 19.3 Å². The van der Waals surface area contributed by atoms with E-state index in [1.54, 1.807) is 44.9 Å². The van der Waals surface area contributed by atoms with E-state index < -0.39 is 0 Å². The van der Waals surface area contributed by atoms with Crippen molar-refractivity contribution in [2.24, 2.45) is 52.8 Å². The third kappa shape index (κ3) is 2.23. The minimum atomic E-state index is 0.581. The van der Waals surface area contributed by atoms with Crippen LogP contribution in [0.1, 0.15) is 85.0 Å². The summed E-state index contributed by atoms with van der Waals surface area (Å²) in [6, 6.07) is 0. The van der Waals surface area contributed by atoms with Crippen molar-refractivity contribution in [3.8, 4) is 0 Å². The highest BCUT2D eigenvalue weighted by atomic mass is 14.6. The average molecular weight is 327 g/mol. The van der Waals surface area contributed by atoms with Crippen LogP contribution in [0.5, 0.6) is 0 Å². The molecule has 8 unspecified atom stereocenters. The van der Waals surface area contributed by atoms with Gasteiger partial charge in [0, 0.05) is 0 Å². The van der Waals surface area contributed by atoms with Gasteiger partial charge in [-0.2, -0.15) is 0 Å². The molecule has 0 bridgehead atoms. The van der Waals surface area contributed by atoms with E-state index in [-0.39, 0.29) is 0 Å². The number of fused-ring (bicyclic) bond motifs is 5. The van der Waals surface area contributed by atoms with Crippen LogP contribution in [0.2, 0.25) is 0 Å². The molecule has 0 N–H and O–H groups in total. The topological polar surface area (TPSA) is 0 Å². The van der Waals surface area contributed by atoms with Crippen molar-refractivity contribution < 1.29 is 0 Å². The Morgan fingerprint density at radius 2 is 1.58 bits per heavy atom. The quantitative estimate of drug-likeness (QED) is 0.462. The Morgan fingerprint density at radius 3 is 2.33 bits per heavy atom. The Kier molecular flexibility index (Phi) is 3.73. The molecule has 0 aliphatic heterocycles. The van der Waals surface area contributed by atoms with Gasteiger partial charge >= 0.3 is 0 Å². The summed E-state index contributed by atoms with van der Waals surface area (Å²) in [5.74, 6) is 8.63. The Bertz CT molecular complexity index is 526. The van der Waals surface area contributed by atoms with Crippen LogP contribution in [0.3, 0.4) is 0 Å². The maximum atomic E-state index is 2.68. The zero-order valence-electron chi connectivity index (χ0n) is 16.3. The first kappa shape index (κ1) is 16.0. The van der Waals surface area contributed by atoms with Crippen molar-refractivity contribution in [3.63, 3.8) is 0 Å². The minimum Gasteiger partial charge on any atom is -0.0879 e. The van der Waals surface area contributed by atoms with Crippen molar-refractivity contribution >= 4 is 0 Å². The van der Waals surface area contributed by atoms with Crippen LogP contribution >= 0.6 is 0 Å². The fraction of sp³-hybridized carbons (Fsp3) is 0.917. The molecular formula is C24H38. The lowest BCUT2D eigenvalue weighted by Gasteiger charge is -2.56. The first-order chi connectivity index (χ1) is 11.6. The lowest BCUT2D eigenvalue weighted by molar-refractivity contribution is -0.0632. The van der Waals surface area contributed by atoms with E-state index >= 15 is 0 Å². The number of hydrogen-bond acceptors (Lipinski definition) is 0. The van der Waals surface area contributed by atoms with Crippen molar-refractivity contribution in [3.05, 3.63) is 11.6 Å². The molecule has 134 valence electrons. The summed E-state index contributed by atoms with van der Waals surface area (Å²) in [6.45, 7) is 7.53. The van der Waals surface area contributed by atoms with Crippen molar-refractivity contribution in [2.75, 3.05) is 0 Å². The normalized spacial score (nSPS) is 55.8. The van der Waals surface area contributed by atoms with Gasteiger partial charge in [0.2, 0.25) is 0 Å². The second-order valence-corrected chi connectivity index (χ2v) is 10.7. The molecule has 5 fully saturated rings. The van der Waals surface area contributed by atoms with Gasteiger partial charge in [-0.25, -0.2) is 0 Å². The predicted molar refractivity (Wildman–Crippen MR) is 102 cm³/mol. The second kappa shape index (κ2) is 5.62. The summed E-state index contributed by atoms with van der Waals surface area (Å²) < 4.78 is 0. The lowest BCUT2D eigenvalue weighted by Crippen LogP contribution is -2.49. The van der Waals surface area contributed by atoms with Gasteiger partial charge < -0.3 is 0 Å². The third-order valence-electron chi connectivity index (χ3n) is 9.69. The van der Waals surface area contributed by atoms with Gasteiger partial charge in [-0.1, -0.05) is 31.9 Å². The Morgan fingerprint density at radius 1 is 0.833 bits per heavy atom. The monoisotopic (exact) mass is 326 g/mol. The van der Waals surface area contributed by atoms with E-state index in [4.69, 9.17) is 0 Å². The van der Waals surface area contributed by atoms with E-state index in [0.717, 1.165) is 47.3 Å². The van der Waals surface area contributed by atoms with E-state index in [9.17, 15) is 0 Å². The highest BCUT2D eigenvalue weighted by Gasteiger charge is 2.60. The number of allylic oxidation sites excluding steroid dienone is 2. The second-order valence-electron chi connectivity index (χ2n) is 10.7. The molecule has 5 aliphatic carbocycles. The SMILES string of the molecule is C/C=C1\CC(C2CC2)C2C3CCC4CC(C)CCC4C3CCC12C. The summed E-state index contributed by atoms with van der Waals surface area (Å²) in [4.78, 5) is 0. The first-order valence-corrected chi connectivity index (χ1v) is 11.3. The Labute approximate surface area is 149 Å². The molecule has 5 saturated carbocycles. The van der Waals surface area contributed by atoms with Gasteiger partial charge in [-0.15, -0.1) is 0 Å². The molecule has 0 heterocycles. The maximum Gasteiger partial charge on any atom is -0.00824 e. The van der Waals surface area contributed by atoms with Gasteiger partial charge in [0.25, 0.3) is 0 Å². The zero-order chi connectivity index (χ0) is 16.5. The van der Waals surface area contributed by atoms with E-state index in [1.807, 2.05) is 5.57 Å². The van der Waals surface area contributed by atoms with Crippen LogP contribution in [0.4, 0.5) is 0 Å². The highest BCUT2D eigenvalue weighted by molar-refractivity contribution is 5.26. The lowest BCUT2D eigenvalue weighted by atomic mass is 9.48. The molecule has 0 aromatic heterocycles. The van der Waals surface area contributed by atoms with Gasteiger partial charge in [0.1, 0.15) is 0 Å². The summed E-state index contributed by atoms with van der Waals surface area (Å²) in [6.07, 6.45) is 18.0. The first-order valence-electron chi connectivity index (χ1n) is 11.3. The highest BCUT2D eigenvalue weighted by Crippen LogP contribution is 2.68. The standard InChI is InChI=1S/C24H38/c1-4-18-14-22(16-6-7-16)23-21-10-8-17-13-15(2)5-9-19(17)20(21)11-12-24(18,23)3/h4,15-17,19-23H,5-14H2,1-3H3/b18-4+. The molecule has 0 radical (unpaired) electrons. The summed E-state index contributed by atoms with van der Waals surface area (Å²) in [5.41, 5.74) is 2.44. The summed E-state index contributed by atoms with van der Waals surface area (Å²) in [7, 11) is 0. The predicted octanol–water partition coefficient (Wildman–Crippen LogP) is 6.86. The fourth-order valence-corrected chi connectivity index (χ4v) is 8.55. The fourth-order valence-electron chi connectivity index (χ4n) is 8.55. The molecule has 0 amide bonds. The van der Waals surface area contributed by atoms with Crippen molar-refractivity contribution in [1.82, 2.24) is 0 Å². The molecule has 24 heavy (non-hydrogen) atoms. The molecule has 0 aromatic carbocycles. The van der Waals surface area contributed by atoms with E-state index in [2.05, 4.69) is 26.8 Å². The van der Waals surface area contributed by atoms with Crippen molar-refractivity contribution in [1.29, 1.82) is 0 Å². The van der Waals surface area contributed by atoms with Crippen LogP contribution < -0.4 is 0 Å². The number of hydrogen-bond donors (Lipinski definition) is 0. The molecular weight excluding hydrogens is 288 g/mol. The van der Waals surface area contributed by atoms with Crippen molar-refractivity contribution in [2.45, 2.75) is 85.0 Å². The molecule has 5 rings (SSSR count). The molecule has 0 nitrogen and oxygen atoms in total. The molecule has 8 atom stereocenters.